The Bertz CT molecular complexity index is 461. The molecule has 0 saturated carbocycles. The van der Waals surface area contributed by atoms with Crippen LogP contribution < -0.4 is 10.1 Å². The fraction of sp³-hybridized carbons (Fsp3) is 0.357. The fourth-order valence-electron chi connectivity index (χ4n) is 1.41. The molecule has 0 heterocycles. The van der Waals surface area contributed by atoms with Gasteiger partial charge in [-0.05, 0) is 45.0 Å². The Kier molecular flexibility index (Phi) is 4.96. The summed E-state index contributed by atoms with van der Waals surface area (Å²) in [5.41, 5.74) is 0.624. The van der Waals surface area contributed by atoms with Crippen molar-refractivity contribution in [1.82, 2.24) is 5.32 Å². The molecule has 0 aliphatic rings. The van der Waals surface area contributed by atoms with Crippen LogP contribution in [0, 0.1) is 0 Å². The zero-order valence-electron chi connectivity index (χ0n) is 11.1. The van der Waals surface area contributed by atoms with E-state index in [1.54, 1.807) is 13.2 Å². The molecule has 4 heteroatoms. The number of hydrogen-bond donors (Lipinski definition) is 1. The van der Waals surface area contributed by atoms with Crippen LogP contribution in [0.2, 0.25) is 0 Å². The molecule has 1 N–H and O–H groups in total. The van der Waals surface area contributed by atoms with Crippen molar-refractivity contribution in [3.05, 3.63) is 34.3 Å². The molecule has 0 atom stereocenters. The van der Waals surface area contributed by atoms with E-state index in [9.17, 15) is 4.79 Å². The molecule has 18 heavy (non-hydrogen) atoms. The number of carbonyl (C=O) groups excluding carboxylic acids is 1. The number of methoxy groups -OCH3 is 1. The maximum absolute atomic E-state index is 11.7. The van der Waals surface area contributed by atoms with E-state index < -0.39 is 0 Å². The first kappa shape index (κ1) is 14.8. The maximum Gasteiger partial charge on any atom is 0.244 e. The fourth-order valence-corrected chi connectivity index (χ4v) is 1.79. The van der Waals surface area contributed by atoms with Crippen LogP contribution in [0.5, 0.6) is 5.75 Å². The minimum atomic E-state index is -0.233. The van der Waals surface area contributed by atoms with E-state index in [1.165, 1.54) is 6.08 Å². The average Bonchev–Trinajstić information content (AvgIpc) is 2.24. The van der Waals surface area contributed by atoms with E-state index in [2.05, 4.69) is 21.2 Å². The standard InChI is InChI=1S/C14H18BrNO2/c1-14(2,3)16-13(17)8-5-10-9-11(15)6-7-12(10)18-4/h5-9H,1-4H3,(H,16,17)/b8-5+. The van der Waals surface area contributed by atoms with Crippen molar-refractivity contribution in [1.29, 1.82) is 0 Å². The Hall–Kier alpha value is -1.29. The summed E-state index contributed by atoms with van der Waals surface area (Å²) in [5.74, 6) is 0.613. The first-order valence-corrected chi connectivity index (χ1v) is 6.45. The molecule has 1 amide bonds. The van der Waals surface area contributed by atoms with Gasteiger partial charge in [-0.3, -0.25) is 4.79 Å². The van der Waals surface area contributed by atoms with Crippen LogP contribution in [0.4, 0.5) is 0 Å². The summed E-state index contributed by atoms with van der Waals surface area (Å²) in [6.45, 7) is 5.83. The lowest BCUT2D eigenvalue weighted by atomic mass is 10.1. The van der Waals surface area contributed by atoms with Crippen molar-refractivity contribution in [2.24, 2.45) is 0 Å². The lowest BCUT2D eigenvalue weighted by molar-refractivity contribution is -0.117. The second-order valence-electron chi connectivity index (χ2n) is 4.96. The average molecular weight is 312 g/mol. The van der Waals surface area contributed by atoms with Gasteiger partial charge in [0.2, 0.25) is 5.91 Å². The SMILES string of the molecule is COc1ccc(Br)cc1/C=C/C(=O)NC(C)(C)C. The second-order valence-corrected chi connectivity index (χ2v) is 5.87. The van der Waals surface area contributed by atoms with Crippen LogP contribution in [0.3, 0.4) is 0 Å². The van der Waals surface area contributed by atoms with E-state index in [-0.39, 0.29) is 11.4 Å². The predicted molar refractivity (Wildman–Crippen MR) is 77.6 cm³/mol. The summed E-state index contributed by atoms with van der Waals surface area (Å²) in [7, 11) is 1.61. The quantitative estimate of drug-likeness (QED) is 0.869. The highest BCUT2D eigenvalue weighted by Crippen LogP contribution is 2.24. The Morgan fingerprint density at radius 2 is 2.06 bits per heavy atom. The molecule has 0 aromatic heterocycles. The first-order chi connectivity index (χ1) is 8.31. The van der Waals surface area contributed by atoms with E-state index in [0.717, 1.165) is 15.8 Å². The van der Waals surface area contributed by atoms with Crippen LogP contribution in [-0.2, 0) is 4.79 Å². The minimum absolute atomic E-state index is 0.121. The van der Waals surface area contributed by atoms with Crippen molar-refractivity contribution in [2.45, 2.75) is 26.3 Å². The summed E-state index contributed by atoms with van der Waals surface area (Å²) in [6, 6.07) is 5.65. The Morgan fingerprint density at radius 3 is 2.61 bits per heavy atom. The lowest BCUT2D eigenvalue weighted by Crippen LogP contribution is -2.39. The first-order valence-electron chi connectivity index (χ1n) is 5.65. The normalized spacial score (nSPS) is 11.6. The predicted octanol–water partition coefficient (Wildman–Crippen LogP) is 3.39. The smallest absolute Gasteiger partial charge is 0.244 e. The number of carbonyl (C=O) groups is 1. The molecule has 1 rings (SSSR count). The second kappa shape index (κ2) is 6.05. The minimum Gasteiger partial charge on any atom is -0.496 e. The molecule has 1 aromatic rings. The molecule has 0 fully saturated rings. The van der Waals surface area contributed by atoms with Gasteiger partial charge >= 0.3 is 0 Å². The molecule has 1 aromatic carbocycles. The summed E-state index contributed by atoms with van der Waals surface area (Å²) in [4.78, 5) is 11.7. The van der Waals surface area contributed by atoms with Crippen LogP contribution >= 0.6 is 15.9 Å². The molecule has 0 radical (unpaired) electrons. The number of ether oxygens (including phenoxy) is 1. The molecule has 98 valence electrons. The van der Waals surface area contributed by atoms with Gasteiger partial charge in [0, 0.05) is 21.7 Å². The molecule has 0 bridgehead atoms. The molecular formula is C14H18BrNO2. The van der Waals surface area contributed by atoms with E-state index >= 15 is 0 Å². The van der Waals surface area contributed by atoms with Gasteiger partial charge in [-0.1, -0.05) is 15.9 Å². The molecule has 0 saturated heterocycles. The Labute approximate surface area is 116 Å². The van der Waals surface area contributed by atoms with Gasteiger partial charge in [0.05, 0.1) is 7.11 Å². The summed E-state index contributed by atoms with van der Waals surface area (Å²) in [5, 5.41) is 2.86. The number of hydrogen-bond acceptors (Lipinski definition) is 2. The molecule has 0 aliphatic carbocycles. The third-order valence-electron chi connectivity index (χ3n) is 2.10. The molecule has 0 aliphatic heterocycles. The number of halogens is 1. The van der Waals surface area contributed by atoms with Crippen molar-refractivity contribution in [3.8, 4) is 5.75 Å². The summed E-state index contributed by atoms with van der Waals surface area (Å²) in [6.07, 6.45) is 3.25. The van der Waals surface area contributed by atoms with Crippen LogP contribution in [0.15, 0.2) is 28.7 Å². The summed E-state index contributed by atoms with van der Waals surface area (Å²) >= 11 is 3.39. The number of amides is 1. The van der Waals surface area contributed by atoms with Gasteiger partial charge in [-0.2, -0.15) is 0 Å². The highest BCUT2D eigenvalue weighted by molar-refractivity contribution is 9.10. The van der Waals surface area contributed by atoms with Gasteiger partial charge in [0.15, 0.2) is 0 Å². The highest BCUT2D eigenvalue weighted by atomic mass is 79.9. The van der Waals surface area contributed by atoms with Crippen molar-refractivity contribution >= 4 is 27.9 Å². The Morgan fingerprint density at radius 1 is 1.39 bits per heavy atom. The number of nitrogens with one attached hydrogen (secondary N) is 1. The van der Waals surface area contributed by atoms with Gasteiger partial charge < -0.3 is 10.1 Å². The zero-order valence-corrected chi connectivity index (χ0v) is 12.7. The molecule has 0 unspecified atom stereocenters. The van der Waals surface area contributed by atoms with Crippen LogP contribution in [0.25, 0.3) is 6.08 Å². The molecular weight excluding hydrogens is 294 g/mol. The maximum atomic E-state index is 11.7. The van der Waals surface area contributed by atoms with Gasteiger partial charge in [-0.15, -0.1) is 0 Å². The highest BCUT2D eigenvalue weighted by Gasteiger charge is 2.11. The monoisotopic (exact) mass is 311 g/mol. The van der Waals surface area contributed by atoms with Crippen LogP contribution in [-0.4, -0.2) is 18.6 Å². The topological polar surface area (TPSA) is 38.3 Å². The van der Waals surface area contributed by atoms with Crippen molar-refractivity contribution in [2.75, 3.05) is 7.11 Å². The van der Waals surface area contributed by atoms with E-state index in [0.29, 0.717) is 0 Å². The lowest BCUT2D eigenvalue weighted by Gasteiger charge is -2.19. The number of rotatable bonds is 3. The van der Waals surface area contributed by atoms with Gasteiger partial charge in [0.25, 0.3) is 0 Å². The third kappa shape index (κ3) is 4.92. The third-order valence-corrected chi connectivity index (χ3v) is 2.60. The van der Waals surface area contributed by atoms with Gasteiger partial charge in [0.1, 0.15) is 5.75 Å². The summed E-state index contributed by atoms with van der Waals surface area (Å²) < 4.78 is 6.17. The number of benzene rings is 1. The zero-order chi connectivity index (χ0) is 13.8. The Balaban J connectivity index is 2.84. The van der Waals surface area contributed by atoms with Crippen LogP contribution in [0.1, 0.15) is 26.3 Å². The van der Waals surface area contributed by atoms with E-state index in [1.807, 2.05) is 39.0 Å². The van der Waals surface area contributed by atoms with E-state index in [4.69, 9.17) is 4.74 Å². The van der Waals surface area contributed by atoms with Crippen molar-refractivity contribution < 1.29 is 9.53 Å². The van der Waals surface area contributed by atoms with Crippen molar-refractivity contribution in [3.63, 3.8) is 0 Å². The largest absolute Gasteiger partial charge is 0.496 e. The van der Waals surface area contributed by atoms with Gasteiger partial charge in [-0.25, -0.2) is 0 Å². The molecule has 0 spiro atoms. The molecule has 3 nitrogen and oxygen atoms in total.